The number of hydrogen-bond donors (Lipinski definition) is 2. The van der Waals surface area contributed by atoms with Crippen LogP contribution >= 0.6 is 11.6 Å². The van der Waals surface area contributed by atoms with Gasteiger partial charge in [0.25, 0.3) is 0 Å². The van der Waals surface area contributed by atoms with E-state index in [0.717, 1.165) is 29.6 Å². The Bertz CT molecular complexity index is 742. The lowest BCUT2D eigenvalue weighted by Gasteiger charge is -2.20. The van der Waals surface area contributed by atoms with Gasteiger partial charge in [-0.15, -0.1) is 0 Å². The summed E-state index contributed by atoms with van der Waals surface area (Å²) in [5, 5.41) is 3.80. The molecule has 3 aromatic rings. The quantitative estimate of drug-likeness (QED) is 0.724. The Morgan fingerprint density at radius 3 is 2.86 bits per heavy atom. The van der Waals surface area contributed by atoms with Gasteiger partial charge in [0.05, 0.1) is 11.8 Å². The van der Waals surface area contributed by atoms with Crippen LogP contribution in [0, 0.1) is 0 Å². The molecule has 0 bridgehead atoms. The lowest BCUT2D eigenvalue weighted by atomic mass is 10.1. The predicted molar refractivity (Wildman–Crippen MR) is 89.5 cm³/mol. The Balaban J connectivity index is 1.93. The average molecular weight is 316 g/mol. The third-order valence-corrected chi connectivity index (χ3v) is 3.77. The van der Waals surface area contributed by atoms with Crippen LogP contribution < -0.4 is 10.1 Å². The van der Waals surface area contributed by atoms with E-state index in [1.807, 2.05) is 37.4 Å². The zero-order chi connectivity index (χ0) is 15.4. The van der Waals surface area contributed by atoms with Gasteiger partial charge in [-0.2, -0.15) is 0 Å². The van der Waals surface area contributed by atoms with E-state index >= 15 is 0 Å². The van der Waals surface area contributed by atoms with E-state index in [2.05, 4.69) is 27.4 Å². The van der Waals surface area contributed by atoms with E-state index in [-0.39, 0.29) is 6.10 Å². The standard InChI is InChI=1S/C17H18ClN3O/c1-19-8-7-15(12-5-3-2-4-6-12)22-16-10-13(18)9-14-17(16)21-11-20-14/h2-6,9-11,15,19H,7-8H2,1H3,(H,20,21). The molecule has 5 heteroatoms. The second-order valence-corrected chi connectivity index (χ2v) is 5.55. The number of halogens is 1. The summed E-state index contributed by atoms with van der Waals surface area (Å²) in [6.07, 6.45) is 2.46. The second kappa shape index (κ2) is 6.81. The van der Waals surface area contributed by atoms with Crippen molar-refractivity contribution in [3.05, 3.63) is 59.4 Å². The molecule has 2 aromatic carbocycles. The number of aromatic nitrogens is 2. The summed E-state index contributed by atoms with van der Waals surface area (Å²) < 4.78 is 6.25. The van der Waals surface area contributed by atoms with E-state index in [4.69, 9.17) is 16.3 Å². The number of rotatable bonds is 6. The van der Waals surface area contributed by atoms with Crippen LogP contribution in [-0.4, -0.2) is 23.6 Å². The Morgan fingerprint density at radius 1 is 1.27 bits per heavy atom. The van der Waals surface area contributed by atoms with Gasteiger partial charge in [-0.25, -0.2) is 4.98 Å². The Labute approximate surface area is 134 Å². The number of nitrogens with one attached hydrogen (secondary N) is 2. The van der Waals surface area contributed by atoms with Crippen molar-refractivity contribution >= 4 is 22.6 Å². The maximum absolute atomic E-state index is 6.25. The van der Waals surface area contributed by atoms with E-state index in [1.54, 1.807) is 6.33 Å². The fourth-order valence-corrected chi connectivity index (χ4v) is 2.67. The van der Waals surface area contributed by atoms with Gasteiger partial charge in [-0.1, -0.05) is 41.9 Å². The van der Waals surface area contributed by atoms with Gasteiger partial charge < -0.3 is 15.0 Å². The molecule has 0 amide bonds. The molecule has 3 rings (SSSR count). The first kappa shape index (κ1) is 14.9. The Morgan fingerprint density at radius 2 is 2.09 bits per heavy atom. The number of benzene rings is 2. The molecule has 2 N–H and O–H groups in total. The lowest BCUT2D eigenvalue weighted by molar-refractivity contribution is 0.197. The van der Waals surface area contributed by atoms with Crippen molar-refractivity contribution in [2.24, 2.45) is 0 Å². The van der Waals surface area contributed by atoms with Crippen molar-refractivity contribution in [3.8, 4) is 5.75 Å². The number of aromatic amines is 1. The molecular formula is C17H18ClN3O. The minimum absolute atomic E-state index is 0.0491. The highest BCUT2D eigenvalue weighted by Crippen LogP contribution is 2.32. The molecule has 22 heavy (non-hydrogen) atoms. The van der Waals surface area contributed by atoms with Crippen molar-refractivity contribution in [2.45, 2.75) is 12.5 Å². The summed E-state index contributed by atoms with van der Waals surface area (Å²) in [5.74, 6) is 0.703. The van der Waals surface area contributed by atoms with Crippen molar-refractivity contribution in [1.82, 2.24) is 15.3 Å². The van der Waals surface area contributed by atoms with Crippen LogP contribution in [0.2, 0.25) is 5.02 Å². The molecule has 0 spiro atoms. The molecule has 0 aliphatic carbocycles. The zero-order valence-corrected chi connectivity index (χ0v) is 13.1. The molecule has 1 aromatic heterocycles. The van der Waals surface area contributed by atoms with Crippen LogP contribution in [-0.2, 0) is 0 Å². The normalized spacial score (nSPS) is 12.5. The fraction of sp³-hybridized carbons (Fsp3) is 0.235. The van der Waals surface area contributed by atoms with E-state index in [0.29, 0.717) is 10.8 Å². The number of H-pyrrole nitrogens is 1. The summed E-state index contributed by atoms with van der Waals surface area (Å²) in [7, 11) is 1.94. The number of hydrogen-bond acceptors (Lipinski definition) is 3. The van der Waals surface area contributed by atoms with Crippen molar-refractivity contribution in [3.63, 3.8) is 0 Å². The maximum atomic E-state index is 6.25. The van der Waals surface area contributed by atoms with Crippen LogP contribution in [0.15, 0.2) is 48.8 Å². The maximum Gasteiger partial charge on any atom is 0.149 e. The fourth-order valence-electron chi connectivity index (χ4n) is 2.46. The molecule has 1 heterocycles. The first-order valence-electron chi connectivity index (χ1n) is 7.27. The first-order valence-corrected chi connectivity index (χ1v) is 7.64. The molecule has 0 saturated heterocycles. The molecule has 0 fully saturated rings. The molecule has 1 atom stereocenters. The number of imidazole rings is 1. The molecule has 0 radical (unpaired) electrons. The van der Waals surface area contributed by atoms with Crippen LogP contribution in [0.3, 0.4) is 0 Å². The summed E-state index contributed by atoms with van der Waals surface area (Å²) in [6.45, 7) is 0.865. The molecule has 0 saturated carbocycles. The van der Waals surface area contributed by atoms with Crippen LogP contribution in [0.1, 0.15) is 18.1 Å². The minimum Gasteiger partial charge on any atom is -0.483 e. The summed E-state index contributed by atoms with van der Waals surface area (Å²) in [5.41, 5.74) is 2.82. The van der Waals surface area contributed by atoms with Crippen molar-refractivity contribution < 1.29 is 4.74 Å². The molecule has 114 valence electrons. The van der Waals surface area contributed by atoms with Crippen LogP contribution in [0.4, 0.5) is 0 Å². The Kier molecular flexibility index (Phi) is 4.61. The summed E-state index contributed by atoms with van der Waals surface area (Å²) in [4.78, 5) is 7.40. The third kappa shape index (κ3) is 3.24. The second-order valence-electron chi connectivity index (χ2n) is 5.11. The van der Waals surface area contributed by atoms with Gasteiger partial charge in [0.15, 0.2) is 0 Å². The summed E-state index contributed by atoms with van der Waals surface area (Å²) in [6, 6.07) is 13.9. The molecular weight excluding hydrogens is 298 g/mol. The predicted octanol–water partition coefficient (Wildman–Crippen LogP) is 3.95. The highest BCUT2D eigenvalue weighted by atomic mass is 35.5. The van der Waals surface area contributed by atoms with Crippen LogP contribution in [0.5, 0.6) is 5.75 Å². The highest BCUT2D eigenvalue weighted by Gasteiger charge is 2.16. The zero-order valence-electron chi connectivity index (χ0n) is 12.3. The van der Waals surface area contributed by atoms with Gasteiger partial charge in [-0.3, -0.25) is 0 Å². The average Bonchev–Trinajstić information content (AvgIpc) is 3.00. The lowest BCUT2D eigenvalue weighted by Crippen LogP contribution is -2.16. The van der Waals surface area contributed by atoms with Gasteiger partial charge >= 0.3 is 0 Å². The monoisotopic (exact) mass is 315 g/mol. The van der Waals surface area contributed by atoms with Gasteiger partial charge in [0.2, 0.25) is 0 Å². The smallest absolute Gasteiger partial charge is 0.149 e. The molecule has 0 aliphatic rings. The number of fused-ring (bicyclic) bond motifs is 1. The van der Waals surface area contributed by atoms with E-state index < -0.39 is 0 Å². The van der Waals surface area contributed by atoms with Crippen molar-refractivity contribution in [1.29, 1.82) is 0 Å². The molecule has 4 nitrogen and oxygen atoms in total. The largest absolute Gasteiger partial charge is 0.483 e. The van der Waals surface area contributed by atoms with E-state index in [9.17, 15) is 0 Å². The SMILES string of the molecule is CNCCC(Oc1cc(Cl)cc2[nH]cnc12)c1ccccc1. The first-order chi connectivity index (χ1) is 10.8. The van der Waals surface area contributed by atoms with Gasteiger partial charge in [-0.05, 0) is 25.2 Å². The van der Waals surface area contributed by atoms with Gasteiger partial charge in [0.1, 0.15) is 17.4 Å². The highest BCUT2D eigenvalue weighted by molar-refractivity contribution is 6.31. The Hall–Kier alpha value is -2.04. The van der Waals surface area contributed by atoms with Crippen molar-refractivity contribution in [2.75, 3.05) is 13.6 Å². The topological polar surface area (TPSA) is 49.9 Å². The van der Waals surface area contributed by atoms with E-state index in [1.165, 1.54) is 0 Å². The van der Waals surface area contributed by atoms with Crippen LogP contribution in [0.25, 0.3) is 11.0 Å². The number of ether oxygens (including phenoxy) is 1. The number of nitrogens with zero attached hydrogens (tertiary/aromatic N) is 1. The molecule has 0 aliphatic heterocycles. The molecule has 1 unspecified atom stereocenters. The van der Waals surface area contributed by atoms with Gasteiger partial charge in [0, 0.05) is 17.5 Å². The summed E-state index contributed by atoms with van der Waals surface area (Å²) >= 11 is 6.17. The minimum atomic E-state index is -0.0491. The third-order valence-electron chi connectivity index (χ3n) is 3.55.